The van der Waals surface area contributed by atoms with Gasteiger partial charge < -0.3 is 5.32 Å². The molecule has 1 amide bonds. The molecule has 1 aromatic rings. The second-order valence-corrected chi connectivity index (χ2v) is 6.26. The summed E-state index contributed by atoms with van der Waals surface area (Å²) >= 11 is 0. The Morgan fingerprint density at radius 1 is 1.27 bits per heavy atom. The van der Waals surface area contributed by atoms with E-state index in [1.165, 1.54) is 0 Å². The van der Waals surface area contributed by atoms with Crippen LogP contribution in [0.5, 0.6) is 0 Å². The van der Waals surface area contributed by atoms with Crippen molar-refractivity contribution in [2.24, 2.45) is 0 Å². The maximum absolute atomic E-state index is 12.4. The largest absolute Gasteiger partial charge is 0.416 e. The summed E-state index contributed by atoms with van der Waals surface area (Å²) in [7, 11) is -3.68. The number of amides is 1. The Balaban J connectivity index is 2.65. The minimum atomic E-state index is -4.45. The lowest BCUT2D eigenvalue weighted by atomic mass is 10.1. The number of hydrogen-bond donors (Lipinski definition) is 1. The van der Waals surface area contributed by atoms with Crippen LogP contribution < -0.4 is 5.32 Å². The number of carbonyl (C=O) groups is 1. The molecular weight excluding hydrogens is 323 g/mol. The van der Waals surface area contributed by atoms with Gasteiger partial charge >= 0.3 is 6.18 Å². The molecule has 0 saturated heterocycles. The first-order valence-corrected chi connectivity index (χ1v) is 8.18. The summed E-state index contributed by atoms with van der Waals surface area (Å²) in [5, 5.41) is 2.39. The molecule has 124 valence electrons. The second kappa shape index (κ2) is 7.10. The highest BCUT2D eigenvalue weighted by atomic mass is 32.2. The van der Waals surface area contributed by atoms with Crippen molar-refractivity contribution in [1.82, 2.24) is 0 Å². The summed E-state index contributed by atoms with van der Waals surface area (Å²) in [4.78, 5) is 11.7. The van der Waals surface area contributed by atoms with Crippen molar-refractivity contribution in [3.05, 3.63) is 29.8 Å². The Bertz CT molecular complexity index is 611. The molecule has 9 heteroatoms. The minimum Gasteiger partial charge on any atom is -0.326 e. The molecule has 0 fully saturated rings. The van der Waals surface area contributed by atoms with Crippen molar-refractivity contribution in [3.63, 3.8) is 0 Å². The van der Waals surface area contributed by atoms with Crippen LogP contribution in [-0.4, -0.2) is 26.7 Å². The van der Waals surface area contributed by atoms with Crippen LogP contribution in [0.3, 0.4) is 0 Å². The van der Waals surface area contributed by atoms with E-state index in [1.54, 1.807) is 6.92 Å². The fraction of sp³-hybridized carbons (Fsp3) is 0.462. The zero-order chi connectivity index (χ0) is 17.0. The van der Waals surface area contributed by atoms with E-state index >= 15 is 0 Å². The molecule has 0 saturated carbocycles. The van der Waals surface area contributed by atoms with Crippen LogP contribution in [0, 0.1) is 0 Å². The van der Waals surface area contributed by atoms with Gasteiger partial charge in [-0.15, -0.1) is 0 Å². The number of hydrogen-bond acceptors (Lipinski definition) is 4. The first kappa shape index (κ1) is 18.4. The van der Waals surface area contributed by atoms with Crippen LogP contribution in [-0.2, 0) is 25.3 Å². The topological polar surface area (TPSA) is 72.5 Å². The first-order chi connectivity index (χ1) is 10.0. The monoisotopic (exact) mass is 339 g/mol. The lowest BCUT2D eigenvalue weighted by molar-refractivity contribution is -0.137. The third kappa shape index (κ3) is 6.44. The number of anilines is 1. The quantitative estimate of drug-likeness (QED) is 0.809. The number of benzene rings is 1. The van der Waals surface area contributed by atoms with Gasteiger partial charge in [-0.25, -0.2) is 0 Å². The fourth-order valence-electron chi connectivity index (χ4n) is 1.65. The van der Waals surface area contributed by atoms with Crippen molar-refractivity contribution in [2.45, 2.75) is 32.0 Å². The number of alkyl halides is 3. The lowest BCUT2D eigenvalue weighted by Crippen LogP contribution is -2.24. The van der Waals surface area contributed by atoms with Gasteiger partial charge in [0.25, 0.3) is 10.1 Å². The predicted molar refractivity (Wildman–Crippen MR) is 74.7 cm³/mol. The van der Waals surface area contributed by atoms with E-state index in [0.717, 1.165) is 30.5 Å². The maximum atomic E-state index is 12.4. The van der Waals surface area contributed by atoms with Crippen molar-refractivity contribution < 1.29 is 30.6 Å². The van der Waals surface area contributed by atoms with Gasteiger partial charge in [-0.05, 0) is 30.7 Å². The maximum Gasteiger partial charge on any atom is 0.416 e. The highest BCUT2D eigenvalue weighted by Gasteiger charge is 2.30. The molecular formula is C13H16F3NO4S. The Morgan fingerprint density at radius 3 is 2.23 bits per heavy atom. The Labute approximate surface area is 126 Å². The Kier molecular flexibility index (Phi) is 5.95. The van der Waals surface area contributed by atoms with Gasteiger partial charge in [-0.3, -0.25) is 8.98 Å². The van der Waals surface area contributed by atoms with E-state index in [2.05, 4.69) is 5.32 Å². The molecule has 1 atom stereocenters. The highest BCUT2D eigenvalue weighted by Crippen LogP contribution is 2.29. The van der Waals surface area contributed by atoms with E-state index in [0.29, 0.717) is 6.42 Å². The van der Waals surface area contributed by atoms with Crippen LogP contribution in [0.4, 0.5) is 18.9 Å². The van der Waals surface area contributed by atoms with Crippen LogP contribution in [0.1, 0.15) is 25.3 Å². The lowest BCUT2D eigenvalue weighted by Gasteiger charge is -2.14. The van der Waals surface area contributed by atoms with Gasteiger partial charge in [-0.1, -0.05) is 6.92 Å². The molecule has 0 spiro atoms. The predicted octanol–water partition coefficient (Wildman–Crippen LogP) is 2.79. The van der Waals surface area contributed by atoms with Gasteiger partial charge in [0.05, 0.1) is 24.3 Å². The molecule has 5 nitrogen and oxygen atoms in total. The van der Waals surface area contributed by atoms with Crippen molar-refractivity contribution in [1.29, 1.82) is 0 Å². The van der Waals surface area contributed by atoms with Crippen LogP contribution in [0.25, 0.3) is 0 Å². The van der Waals surface area contributed by atoms with Crippen molar-refractivity contribution in [2.75, 3.05) is 11.6 Å². The molecule has 1 rings (SSSR count). The van der Waals surface area contributed by atoms with Gasteiger partial charge in [0, 0.05) is 5.69 Å². The Morgan fingerprint density at radius 2 is 1.82 bits per heavy atom. The molecule has 0 bridgehead atoms. The summed E-state index contributed by atoms with van der Waals surface area (Å²) in [6, 6.07) is 3.94. The summed E-state index contributed by atoms with van der Waals surface area (Å²) < 4.78 is 63.9. The minimum absolute atomic E-state index is 0.187. The summed E-state index contributed by atoms with van der Waals surface area (Å²) in [6.07, 6.45) is -4.30. The summed E-state index contributed by atoms with van der Waals surface area (Å²) in [6.45, 7) is 1.65. The van der Waals surface area contributed by atoms with E-state index in [9.17, 15) is 26.4 Å². The van der Waals surface area contributed by atoms with E-state index in [1.807, 2.05) is 0 Å². The average molecular weight is 339 g/mol. The van der Waals surface area contributed by atoms with Gasteiger partial charge in [-0.2, -0.15) is 21.6 Å². The van der Waals surface area contributed by atoms with Gasteiger partial charge in [0.2, 0.25) is 5.91 Å². The fourth-order valence-corrected chi connectivity index (χ4v) is 2.35. The first-order valence-electron chi connectivity index (χ1n) is 6.36. The smallest absolute Gasteiger partial charge is 0.326 e. The zero-order valence-corrected chi connectivity index (χ0v) is 12.8. The third-order valence-corrected chi connectivity index (χ3v) is 3.30. The van der Waals surface area contributed by atoms with Gasteiger partial charge in [0.15, 0.2) is 0 Å². The molecule has 0 aliphatic rings. The third-order valence-electron chi connectivity index (χ3n) is 2.68. The molecule has 0 radical (unpaired) electrons. The zero-order valence-electron chi connectivity index (χ0n) is 12.0. The highest BCUT2D eigenvalue weighted by molar-refractivity contribution is 7.86. The molecule has 1 N–H and O–H groups in total. The molecule has 0 aliphatic heterocycles. The molecule has 0 aliphatic carbocycles. The molecule has 0 heterocycles. The summed E-state index contributed by atoms with van der Waals surface area (Å²) in [5.74, 6) is -0.546. The molecule has 22 heavy (non-hydrogen) atoms. The standard InChI is InChI=1S/C13H16F3NO4S/c1-3-11(21-22(2,19)20)8-12(18)17-10-6-4-9(5-7-10)13(14,15)16/h4-7,11H,3,8H2,1-2H3,(H,17,18)/t11-/m0/s1. The number of rotatable bonds is 6. The molecule has 1 aromatic carbocycles. The second-order valence-electron chi connectivity index (χ2n) is 4.66. The van der Waals surface area contributed by atoms with Crippen molar-refractivity contribution >= 4 is 21.7 Å². The van der Waals surface area contributed by atoms with Crippen molar-refractivity contribution in [3.8, 4) is 0 Å². The van der Waals surface area contributed by atoms with Gasteiger partial charge in [0.1, 0.15) is 0 Å². The van der Waals surface area contributed by atoms with E-state index in [-0.39, 0.29) is 12.1 Å². The SMILES string of the molecule is CC[C@@H](CC(=O)Nc1ccc(C(F)(F)F)cc1)OS(C)(=O)=O. The number of carbonyl (C=O) groups excluding carboxylic acids is 1. The average Bonchev–Trinajstić information content (AvgIpc) is 2.35. The Hall–Kier alpha value is -1.61. The van der Waals surface area contributed by atoms with E-state index < -0.39 is 33.9 Å². The number of halogens is 3. The van der Waals surface area contributed by atoms with Crippen LogP contribution in [0.2, 0.25) is 0 Å². The van der Waals surface area contributed by atoms with Crippen LogP contribution >= 0.6 is 0 Å². The van der Waals surface area contributed by atoms with Crippen LogP contribution in [0.15, 0.2) is 24.3 Å². The number of nitrogens with one attached hydrogen (secondary N) is 1. The van der Waals surface area contributed by atoms with E-state index in [4.69, 9.17) is 4.18 Å². The molecule has 0 unspecified atom stereocenters. The normalized spacial score (nSPS) is 13.7. The summed E-state index contributed by atoms with van der Waals surface area (Å²) in [5.41, 5.74) is -0.635. The molecule has 0 aromatic heterocycles.